The molecule has 32 heavy (non-hydrogen) atoms. The van der Waals surface area contributed by atoms with E-state index in [-0.39, 0.29) is 10.7 Å². The second-order valence-electron chi connectivity index (χ2n) is 7.51. The largest absolute Gasteiger partial charge is 0.388 e. The smallest absolute Gasteiger partial charge is 0.189 e. The number of nitrogens with two attached hydrogens (primary N) is 1. The van der Waals surface area contributed by atoms with Crippen LogP contribution in [0.15, 0.2) is 70.2 Å². The van der Waals surface area contributed by atoms with Crippen LogP contribution in [0.1, 0.15) is 13.8 Å². The third kappa shape index (κ3) is 4.06. The number of sulfone groups is 1. The van der Waals surface area contributed by atoms with Crippen molar-refractivity contribution in [3.05, 3.63) is 60.8 Å². The summed E-state index contributed by atoms with van der Waals surface area (Å²) in [6, 6.07) is 16.1. The zero-order valence-electron chi connectivity index (χ0n) is 17.9. The average Bonchev–Trinajstić information content (AvgIpc) is 3.29. The zero-order chi connectivity index (χ0) is 22.9. The number of rotatable bonds is 6. The van der Waals surface area contributed by atoms with Crippen molar-refractivity contribution in [2.45, 2.75) is 24.0 Å². The highest BCUT2D eigenvalue weighted by Gasteiger charge is 2.20. The number of hydrogen-bond acceptors (Lipinski definition) is 8. The monoisotopic (exact) mass is 449 g/mol. The average molecular weight is 450 g/mol. The Morgan fingerprint density at radius 2 is 1.59 bits per heavy atom. The predicted octanol–water partition coefficient (Wildman–Crippen LogP) is 4.27. The van der Waals surface area contributed by atoms with Gasteiger partial charge in [0.2, 0.25) is 0 Å². The molecule has 4 rings (SSSR count). The standard InChI is InChI=1S/C23H23N5O3S/c1-14(2)32(29,30)18-10-6-16(7-11-18)20-13-26-23(24)22(27-20)21-12-19(28-31-21)15-4-8-17(25-3)9-5-15/h4-14,25H,1-3H3,(H2,24,26). The molecule has 0 spiro atoms. The summed E-state index contributed by atoms with van der Waals surface area (Å²) in [6.07, 6.45) is 1.54. The first-order chi connectivity index (χ1) is 15.3. The van der Waals surface area contributed by atoms with Crippen molar-refractivity contribution in [2.75, 3.05) is 18.1 Å². The highest BCUT2D eigenvalue weighted by molar-refractivity contribution is 7.92. The van der Waals surface area contributed by atoms with Crippen LogP contribution in [-0.4, -0.2) is 35.8 Å². The Morgan fingerprint density at radius 3 is 2.22 bits per heavy atom. The molecular formula is C23H23N5O3S. The summed E-state index contributed by atoms with van der Waals surface area (Å²) in [5.74, 6) is 0.601. The van der Waals surface area contributed by atoms with Gasteiger partial charge in [-0.05, 0) is 38.1 Å². The molecule has 2 aromatic carbocycles. The molecule has 3 N–H and O–H groups in total. The summed E-state index contributed by atoms with van der Waals surface area (Å²) >= 11 is 0. The van der Waals surface area contributed by atoms with Crippen molar-refractivity contribution >= 4 is 21.3 Å². The lowest BCUT2D eigenvalue weighted by atomic mass is 10.1. The Bertz CT molecular complexity index is 1350. The minimum Gasteiger partial charge on any atom is -0.388 e. The number of aromatic nitrogens is 3. The van der Waals surface area contributed by atoms with Crippen LogP contribution in [0.5, 0.6) is 0 Å². The second kappa shape index (κ2) is 8.43. The molecule has 8 nitrogen and oxygen atoms in total. The maximum atomic E-state index is 12.4. The molecule has 0 bridgehead atoms. The van der Waals surface area contributed by atoms with E-state index in [1.807, 2.05) is 31.3 Å². The molecule has 9 heteroatoms. The van der Waals surface area contributed by atoms with E-state index >= 15 is 0 Å². The lowest BCUT2D eigenvalue weighted by molar-refractivity contribution is 0.434. The van der Waals surface area contributed by atoms with Gasteiger partial charge in [0.1, 0.15) is 5.69 Å². The fourth-order valence-corrected chi connectivity index (χ4v) is 4.20. The van der Waals surface area contributed by atoms with Gasteiger partial charge in [0, 0.05) is 29.9 Å². The third-order valence-electron chi connectivity index (χ3n) is 5.11. The van der Waals surface area contributed by atoms with Gasteiger partial charge in [0.05, 0.1) is 22.0 Å². The van der Waals surface area contributed by atoms with Gasteiger partial charge >= 0.3 is 0 Å². The van der Waals surface area contributed by atoms with E-state index in [0.29, 0.717) is 28.4 Å². The molecule has 0 saturated carbocycles. The minimum atomic E-state index is -3.35. The number of nitrogen functional groups attached to an aromatic ring is 1. The number of nitrogens with one attached hydrogen (secondary N) is 1. The first-order valence-corrected chi connectivity index (χ1v) is 11.6. The molecule has 0 radical (unpaired) electrons. The van der Waals surface area contributed by atoms with Gasteiger partial charge in [-0.1, -0.05) is 29.4 Å². The van der Waals surface area contributed by atoms with E-state index in [1.165, 1.54) is 0 Å². The Balaban J connectivity index is 1.66. The molecule has 0 aliphatic heterocycles. The van der Waals surface area contributed by atoms with Gasteiger partial charge in [0.15, 0.2) is 27.1 Å². The molecule has 2 aromatic heterocycles. The lowest BCUT2D eigenvalue weighted by Gasteiger charge is -2.09. The van der Waals surface area contributed by atoms with Crippen LogP contribution in [0.3, 0.4) is 0 Å². The van der Waals surface area contributed by atoms with E-state index in [4.69, 9.17) is 10.3 Å². The van der Waals surface area contributed by atoms with E-state index in [0.717, 1.165) is 11.3 Å². The summed E-state index contributed by atoms with van der Waals surface area (Å²) in [4.78, 5) is 9.10. The van der Waals surface area contributed by atoms with Crippen molar-refractivity contribution in [3.8, 4) is 34.0 Å². The molecule has 0 aliphatic rings. The number of hydrogen-bond donors (Lipinski definition) is 2. The third-order valence-corrected chi connectivity index (χ3v) is 7.28. The molecule has 0 amide bonds. The summed E-state index contributed by atoms with van der Waals surface area (Å²) in [5, 5.41) is 6.71. The molecule has 0 fully saturated rings. The first-order valence-electron chi connectivity index (χ1n) is 10.0. The summed E-state index contributed by atoms with van der Waals surface area (Å²) in [5.41, 5.74) is 10.2. The van der Waals surface area contributed by atoms with Crippen LogP contribution < -0.4 is 11.1 Å². The van der Waals surface area contributed by atoms with E-state index < -0.39 is 15.1 Å². The lowest BCUT2D eigenvalue weighted by Crippen LogP contribution is -2.13. The summed E-state index contributed by atoms with van der Waals surface area (Å²) in [6.45, 7) is 3.31. The topological polar surface area (TPSA) is 124 Å². The van der Waals surface area contributed by atoms with Gasteiger partial charge in [-0.15, -0.1) is 0 Å². The summed E-state index contributed by atoms with van der Waals surface area (Å²) in [7, 11) is -1.49. The van der Waals surface area contributed by atoms with Gasteiger partial charge in [-0.25, -0.2) is 18.4 Å². The first kappa shape index (κ1) is 21.5. The predicted molar refractivity (Wildman–Crippen MR) is 125 cm³/mol. The van der Waals surface area contributed by atoms with E-state index in [1.54, 1.807) is 50.4 Å². The van der Waals surface area contributed by atoms with Crippen molar-refractivity contribution in [1.29, 1.82) is 0 Å². The second-order valence-corrected chi connectivity index (χ2v) is 10.0. The fourth-order valence-electron chi connectivity index (χ4n) is 3.14. The number of benzene rings is 2. The van der Waals surface area contributed by atoms with Gasteiger partial charge in [-0.3, -0.25) is 0 Å². The minimum absolute atomic E-state index is 0.209. The maximum Gasteiger partial charge on any atom is 0.189 e. The SMILES string of the molecule is CNc1ccc(-c2cc(-c3nc(-c4ccc(S(=O)(=O)C(C)C)cc4)cnc3N)on2)cc1. The quantitative estimate of drug-likeness (QED) is 0.447. The van der Waals surface area contributed by atoms with Crippen LogP contribution in [0.4, 0.5) is 11.5 Å². The summed E-state index contributed by atoms with van der Waals surface area (Å²) < 4.78 is 30.2. The van der Waals surface area contributed by atoms with Crippen LogP contribution in [-0.2, 0) is 9.84 Å². The Kier molecular flexibility index (Phi) is 5.67. The maximum absolute atomic E-state index is 12.4. The van der Waals surface area contributed by atoms with Gasteiger partial charge in [-0.2, -0.15) is 0 Å². The van der Waals surface area contributed by atoms with Crippen LogP contribution in [0, 0.1) is 0 Å². The molecule has 0 atom stereocenters. The van der Waals surface area contributed by atoms with Crippen molar-refractivity contribution in [1.82, 2.24) is 15.1 Å². The molecule has 4 aromatic rings. The molecule has 0 saturated heterocycles. The molecule has 0 unspecified atom stereocenters. The van der Waals surface area contributed by atoms with Crippen LogP contribution in [0.2, 0.25) is 0 Å². The highest BCUT2D eigenvalue weighted by Crippen LogP contribution is 2.30. The Hall–Kier alpha value is -3.72. The molecule has 2 heterocycles. The molecular weight excluding hydrogens is 426 g/mol. The van der Waals surface area contributed by atoms with Crippen LogP contribution >= 0.6 is 0 Å². The van der Waals surface area contributed by atoms with E-state index in [2.05, 4.69) is 20.4 Å². The van der Waals surface area contributed by atoms with E-state index in [9.17, 15) is 8.42 Å². The highest BCUT2D eigenvalue weighted by atomic mass is 32.2. The molecule has 0 aliphatic carbocycles. The van der Waals surface area contributed by atoms with Crippen molar-refractivity contribution in [2.24, 2.45) is 0 Å². The molecule has 164 valence electrons. The normalized spacial score (nSPS) is 11.6. The zero-order valence-corrected chi connectivity index (χ0v) is 18.7. The Labute approximate surface area is 186 Å². The van der Waals surface area contributed by atoms with Gasteiger partial charge in [0.25, 0.3) is 0 Å². The Morgan fingerprint density at radius 1 is 0.969 bits per heavy atom. The number of anilines is 2. The van der Waals surface area contributed by atoms with Crippen molar-refractivity contribution < 1.29 is 12.9 Å². The van der Waals surface area contributed by atoms with Crippen LogP contribution in [0.25, 0.3) is 34.0 Å². The number of nitrogens with zero attached hydrogens (tertiary/aromatic N) is 3. The van der Waals surface area contributed by atoms with Crippen molar-refractivity contribution in [3.63, 3.8) is 0 Å². The fraction of sp³-hybridized carbons (Fsp3) is 0.174. The van der Waals surface area contributed by atoms with Gasteiger partial charge < -0.3 is 15.6 Å².